The van der Waals surface area contributed by atoms with Crippen LogP contribution in [0.4, 0.5) is 4.79 Å². The van der Waals surface area contributed by atoms with E-state index in [4.69, 9.17) is 4.43 Å². The van der Waals surface area contributed by atoms with E-state index >= 15 is 0 Å². The van der Waals surface area contributed by atoms with Gasteiger partial charge in [-0.05, 0) is 36.4 Å². The molecule has 5 heteroatoms. The fourth-order valence-corrected chi connectivity index (χ4v) is 4.59. The van der Waals surface area contributed by atoms with E-state index in [9.17, 15) is 9.90 Å². The molecule has 1 aliphatic rings. The van der Waals surface area contributed by atoms with Crippen molar-refractivity contribution in [2.45, 2.75) is 84.2 Å². The van der Waals surface area contributed by atoms with Crippen LogP contribution in [0.1, 0.15) is 54.4 Å². The van der Waals surface area contributed by atoms with Gasteiger partial charge in [0.2, 0.25) is 0 Å². The summed E-state index contributed by atoms with van der Waals surface area (Å²) < 4.78 is 6.47. The van der Waals surface area contributed by atoms with Crippen LogP contribution in [0.5, 0.6) is 0 Å². The summed E-state index contributed by atoms with van der Waals surface area (Å²) in [6.07, 6.45) is 2.54. The molecule has 1 fully saturated rings. The lowest BCUT2D eigenvalue weighted by molar-refractivity contribution is -0.0327. The van der Waals surface area contributed by atoms with Gasteiger partial charge in [-0.15, -0.1) is 6.58 Å². The second-order valence-electron chi connectivity index (χ2n) is 9.31. The number of nitrogens with zero attached hydrogens (tertiary/aromatic N) is 1. The maximum atomic E-state index is 11.9. The highest BCUT2D eigenvalue weighted by Crippen LogP contribution is 2.45. The van der Waals surface area contributed by atoms with Crippen molar-refractivity contribution in [1.82, 2.24) is 4.90 Å². The highest BCUT2D eigenvalue weighted by atomic mass is 28.4. The topological polar surface area (TPSA) is 49.8 Å². The Balaban J connectivity index is 3.06. The average molecular weight is 342 g/mol. The molecular weight excluding hydrogens is 306 g/mol. The van der Waals surface area contributed by atoms with Crippen molar-refractivity contribution in [3.05, 3.63) is 12.7 Å². The second kappa shape index (κ2) is 6.24. The predicted octanol–water partition coefficient (Wildman–Crippen LogP) is 5.12. The third kappa shape index (κ3) is 3.82. The first-order valence-corrected chi connectivity index (χ1v) is 11.4. The molecule has 0 saturated carbocycles. The third-order valence-corrected chi connectivity index (χ3v) is 10.4. The van der Waals surface area contributed by atoms with Crippen molar-refractivity contribution in [3.63, 3.8) is 0 Å². The van der Waals surface area contributed by atoms with Crippen LogP contribution >= 0.6 is 0 Å². The Morgan fingerprint density at radius 2 is 1.83 bits per heavy atom. The largest absolute Gasteiger partial charge is 0.465 e. The van der Waals surface area contributed by atoms with E-state index in [2.05, 4.69) is 61.2 Å². The van der Waals surface area contributed by atoms with E-state index in [1.165, 1.54) is 0 Å². The Kier molecular flexibility index (Phi) is 5.49. The molecular formula is C18H35NO3Si. The van der Waals surface area contributed by atoms with Crippen LogP contribution < -0.4 is 0 Å². The van der Waals surface area contributed by atoms with Gasteiger partial charge in [0.15, 0.2) is 8.32 Å². The monoisotopic (exact) mass is 341 g/mol. The summed E-state index contributed by atoms with van der Waals surface area (Å²) in [6, 6.07) is 0. The summed E-state index contributed by atoms with van der Waals surface area (Å²) in [5.41, 5.74) is -0.735. The number of carboxylic acid groups (broad SMARTS) is 1. The van der Waals surface area contributed by atoms with Gasteiger partial charge >= 0.3 is 6.09 Å². The second-order valence-corrected chi connectivity index (χ2v) is 14.1. The smallest absolute Gasteiger partial charge is 0.408 e. The normalized spacial score (nSPS) is 27.0. The zero-order valence-electron chi connectivity index (χ0n) is 16.2. The maximum Gasteiger partial charge on any atom is 0.408 e. The van der Waals surface area contributed by atoms with E-state index < -0.39 is 19.9 Å². The number of piperidine rings is 1. The molecule has 1 rings (SSSR count). The van der Waals surface area contributed by atoms with Gasteiger partial charge in [0.25, 0.3) is 0 Å². The van der Waals surface area contributed by atoms with E-state index in [-0.39, 0.29) is 16.6 Å². The summed E-state index contributed by atoms with van der Waals surface area (Å²) in [5.74, 6) is 0. The van der Waals surface area contributed by atoms with E-state index in [1.807, 2.05) is 6.08 Å². The first-order valence-electron chi connectivity index (χ1n) is 8.50. The van der Waals surface area contributed by atoms with Crippen LogP contribution in [0, 0.1) is 5.41 Å². The fourth-order valence-electron chi connectivity index (χ4n) is 3.21. The van der Waals surface area contributed by atoms with Gasteiger partial charge in [-0.3, -0.25) is 4.90 Å². The molecule has 1 amide bonds. The van der Waals surface area contributed by atoms with Gasteiger partial charge in [-0.2, -0.15) is 0 Å². The van der Waals surface area contributed by atoms with E-state index in [0.29, 0.717) is 6.54 Å². The summed E-state index contributed by atoms with van der Waals surface area (Å²) in [5, 5.41) is 9.90. The lowest BCUT2D eigenvalue weighted by atomic mass is 9.67. The van der Waals surface area contributed by atoms with Crippen LogP contribution in [0.2, 0.25) is 18.1 Å². The van der Waals surface area contributed by atoms with Crippen molar-refractivity contribution in [2.75, 3.05) is 6.54 Å². The lowest BCUT2D eigenvalue weighted by Crippen LogP contribution is -2.63. The molecule has 0 unspecified atom stereocenters. The minimum atomic E-state index is -1.90. The number of hydrogen-bond donors (Lipinski definition) is 1. The van der Waals surface area contributed by atoms with Gasteiger partial charge in [0.05, 0.1) is 11.6 Å². The molecule has 0 aromatic carbocycles. The Hall–Kier alpha value is -0.813. The SMILES string of the molecule is C=C[C@@]1(C(C)(C)C)CC[C@@H](O[Si](C)(C)C(C)(C)C)CN1C(=O)O. The zero-order valence-corrected chi connectivity index (χ0v) is 17.2. The van der Waals surface area contributed by atoms with Crippen molar-refractivity contribution < 1.29 is 14.3 Å². The number of hydrogen-bond acceptors (Lipinski definition) is 2. The van der Waals surface area contributed by atoms with Gasteiger partial charge in [0.1, 0.15) is 0 Å². The number of carbonyl (C=O) groups is 1. The van der Waals surface area contributed by atoms with Gasteiger partial charge < -0.3 is 9.53 Å². The van der Waals surface area contributed by atoms with Crippen molar-refractivity contribution in [3.8, 4) is 0 Å². The molecule has 0 spiro atoms. The Morgan fingerprint density at radius 1 is 1.30 bits per heavy atom. The standard InChI is InChI=1S/C18H35NO3Si/c1-10-18(16(2,3)4)12-11-14(13-19(18)15(20)21)22-23(8,9)17(5,6)7/h10,14H,1,11-13H2,2-9H3,(H,20,21)/t14-,18+/m1/s1. The van der Waals surface area contributed by atoms with Gasteiger partial charge in [0, 0.05) is 6.54 Å². The molecule has 134 valence electrons. The van der Waals surface area contributed by atoms with Crippen LogP contribution in [0.25, 0.3) is 0 Å². The van der Waals surface area contributed by atoms with Crippen LogP contribution in [0.3, 0.4) is 0 Å². The van der Waals surface area contributed by atoms with Gasteiger partial charge in [-0.25, -0.2) is 4.79 Å². The zero-order chi connectivity index (χ0) is 18.3. The summed E-state index contributed by atoms with van der Waals surface area (Å²) >= 11 is 0. The first-order chi connectivity index (χ1) is 10.2. The molecule has 1 heterocycles. The van der Waals surface area contributed by atoms with Crippen molar-refractivity contribution in [1.29, 1.82) is 0 Å². The van der Waals surface area contributed by atoms with E-state index in [0.717, 1.165) is 12.8 Å². The molecule has 23 heavy (non-hydrogen) atoms. The first kappa shape index (κ1) is 20.2. The molecule has 0 aromatic heterocycles. The quantitative estimate of drug-likeness (QED) is 0.572. The minimum Gasteiger partial charge on any atom is -0.465 e. The number of rotatable bonds is 3. The predicted molar refractivity (Wildman–Crippen MR) is 98.4 cm³/mol. The molecule has 1 aliphatic heterocycles. The average Bonchev–Trinajstić information content (AvgIpc) is 2.35. The molecule has 4 nitrogen and oxygen atoms in total. The van der Waals surface area contributed by atoms with Crippen molar-refractivity contribution in [2.24, 2.45) is 5.41 Å². The summed E-state index contributed by atoms with van der Waals surface area (Å²) in [6.45, 7) is 21.7. The minimum absolute atomic E-state index is 0.0255. The van der Waals surface area contributed by atoms with Gasteiger partial charge in [-0.1, -0.05) is 47.6 Å². The molecule has 1 N–H and O–H groups in total. The van der Waals surface area contributed by atoms with Crippen LogP contribution in [0.15, 0.2) is 12.7 Å². The lowest BCUT2D eigenvalue weighted by Gasteiger charge is -2.54. The Labute approximate surface area is 143 Å². The van der Waals surface area contributed by atoms with Crippen LogP contribution in [-0.2, 0) is 4.43 Å². The van der Waals surface area contributed by atoms with E-state index in [1.54, 1.807) is 4.90 Å². The molecule has 0 aromatic rings. The third-order valence-electron chi connectivity index (χ3n) is 5.85. The highest BCUT2D eigenvalue weighted by Gasteiger charge is 2.51. The van der Waals surface area contributed by atoms with Crippen LogP contribution in [-0.4, -0.2) is 42.6 Å². The Bertz CT molecular complexity index is 462. The highest BCUT2D eigenvalue weighted by molar-refractivity contribution is 6.74. The van der Waals surface area contributed by atoms with Crippen molar-refractivity contribution >= 4 is 14.4 Å². The molecule has 0 bridgehead atoms. The maximum absolute atomic E-state index is 11.9. The number of likely N-dealkylation sites (tertiary alicyclic amines) is 1. The summed E-state index contributed by atoms with van der Waals surface area (Å²) in [7, 11) is -1.90. The molecule has 2 atom stereocenters. The summed E-state index contributed by atoms with van der Waals surface area (Å²) in [4.78, 5) is 13.5. The fraction of sp³-hybridized carbons (Fsp3) is 0.833. The molecule has 0 aliphatic carbocycles. The number of amides is 1. The molecule has 1 saturated heterocycles. The Morgan fingerprint density at radius 3 is 2.17 bits per heavy atom. The molecule has 0 radical (unpaired) electrons.